The van der Waals surface area contributed by atoms with E-state index in [1.165, 1.54) is 30.4 Å². The number of rotatable bonds is 9. The fourth-order valence-corrected chi connectivity index (χ4v) is 3.91. The Balaban J connectivity index is 1.49. The van der Waals surface area contributed by atoms with Gasteiger partial charge in [0.2, 0.25) is 0 Å². The van der Waals surface area contributed by atoms with E-state index >= 15 is 0 Å². The third-order valence-electron chi connectivity index (χ3n) is 5.68. The van der Waals surface area contributed by atoms with E-state index < -0.39 is 16.7 Å². The maximum Gasteiger partial charge on any atom is 0.276 e. The lowest BCUT2D eigenvalue weighted by molar-refractivity contribution is -0.385. The van der Waals surface area contributed by atoms with Crippen LogP contribution in [0, 0.1) is 10.1 Å². The molecule has 9 heteroatoms. The fraction of sp³-hybridized carbons (Fsp3) is 0. The van der Waals surface area contributed by atoms with Crippen molar-refractivity contribution < 1.29 is 19.3 Å². The molecule has 0 saturated carbocycles. The van der Waals surface area contributed by atoms with Gasteiger partial charge in [0.1, 0.15) is 5.70 Å². The summed E-state index contributed by atoms with van der Waals surface area (Å²) in [6, 6.07) is 28.1. The first-order valence-corrected chi connectivity index (χ1v) is 12.8. The summed E-state index contributed by atoms with van der Waals surface area (Å²) in [6.45, 7) is 0. The van der Waals surface area contributed by atoms with E-state index in [1.54, 1.807) is 78.9 Å². The number of benzene rings is 4. The summed E-state index contributed by atoms with van der Waals surface area (Å²) in [6.07, 6.45) is 4.22. The molecule has 0 aliphatic rings. The zero-order valence-corrected chi connectivity index (χ0v) is 22.5. The number of hydrogen-bond donors (Lipinski definition) is 2. The number of nitrogens with one attached hydrogen (secondary N) is 2. The van der Waals surface area contributed by atoms with Gasteiger partial charge in [0.05, 0.1) is 10.5 Å². The second kappa shape index (κ2) is 13.1. The molecule has 0 aliphatic carbocycles. The van der Waals surface area contributed by atoms with Gasteiger partial charge in [0.25, 0.3) is 17.5 Å². The summed E-state index contributed by atoms with van der Waals surface area (Å²) in [4.78, 5) is 49.2. The van der Waals surface area contributed by atoms with Crippen LogP contribution in [0.5, 0.6) is 0 Å². The number of para-hydroxylation sites is 1. The SMILES string of the molecule is O=C(Nc1ccc(C(=O)/C=C/c2ccccc2[N+](=O)[O-])cc1)/C(=C/c1ccc(Br)cc1)NC(=O)c1ccccc1. The number of nitrogens with zero attached hydrogens (tertiary/aromatic N) is 1. The van der Waals surface area contributed by atoms with Gasteiger partial charge in [-0.2, -0.15) is 0 Å². The molecule has 0 saturated heterocycles. The lowest BCUT2D eigenvalue weighted by Gasteiger charge is -2.12. The number of nitro benzene ring substituents is 1. The highest BCUT2D eigenvalue weighted by molar-refractivity contribution is 9.10. The number of nitro groups is 1. The zero-order valence-electron chi connectivity index (χ0n) is 20.9. The number of allylic oxidation sites excluding steroid dienone is 1. The van der Waals surface area contributed by atoms with Gasteiger partial charge in [0.15, 0.2) is 5.78 Å². The summed E-state index contributed by atoms with van der Waals surface area (Å²) in [5.41, 5.74) is 2.07. The van der Waals surface area contributed by atoms with Gasteiger partial charge in [0, 0.05) is 27.4 Å². The molecule has 8 nitrogen and oxygen atoms in total. The van der Waals surface area contributed by atoms with Crippen LogP contribution in [-0.2, 0) is 4.79 Å². The van der Waals surface area contributed by atoms with Crippen LogP contribution in [0.1, 0.15) is 31.8 Å². The number of halogens is 1. The molecule has 0 aromatic heterocycles. The Morgan fingerprint density at radius 1 is 0.775 bits per heavy atom. The molecular formula is C31H22BrN3O5. The molecule has 0 spiro atoms. The van der Waals surface area contributed by atoms with Crippen LogP contribution in [0.4, 0.5) is 11.4 Å². The molecule has 0 aliphatic heterocycles. The Morgan fingerprint density at radius 3 is 2.10 bits per heavy atom. The van der Waals surface area contributed by atoms with Crippen molar-refractivity contribution >= 4 is 57.1 Å². The van der Waals surface area contributed by atoms with Crippen LogP contribution in [0.2, 0.25) is 0 Å². The van der Waals surface area contributed by atoms with Crippen molar-refractivity contribution in [3.05, 3.63) is 152 Å². The molecule has 0 fully saturated rings. The second-order valence-corrected chi connectivity index (χ2v) is 9.39. The third-order valence-corrected chi connectivity index (χ3v) is 6.21. The van der Waals surface area contributed by atoms with E-state index in [1.807, 2.05) is 12.1 Å². The molecule has 0 radical (unpaired) electrons. The number of carbonyl (C=O) groups is 3. The molecule has 0 bridgehead atoms. The van der Waals surface area contributed by atoms with Crippen molar-refractivity contribution in [2.45, 2.75) is 0 Å². The van der Waals surface area contributed by atoms with Crippen LogP contribution in [0.3, 0.4) is 0 Å². The molecule has 198 valence electrons. The van der Waals surface area contributed by atoms with Crippen molar-refractivity contribution in [1.82, 2.24) is 5.32 Å². The van der Waals surface area contributed by atoms with Gasteiger partial charge in [-0.25, -0.2) is 0 Å². The number of hydrogen-bond acceptors (Lipinski definition) is 5. The average Bonchev–Trinajstić information content (AvgIpc) is 2.97. The Labute approximate surface area is 238 Å². The molecule has 2 amide bonds. The molecule has 4 rings (SSSR count). The van der Waals surface area contributed by atoms with E-state index in [0.29, 0.717) is 27.9 Å². The van der Waals surface area contributed by atoms with Crippen molar-refractivity contribution in [1.29, 1.82) is 0 Å². The summed E-state index contributed by atoms with van der Waals surface area (Å²) >= 11 is 3.38. The quantitative estimate of drug-likeness (QED) is 0.0970. The first-order valence-electron chi connectivity index (χ1n) is 12.0. The zero-order chi connectivity index (χ0) is 28.5. The smallest absolute Gasteiger partial charge is 0.276 e. The Kier molecular flexibility index (Phi) is 9.11. The van der Waals surface area contributed by atoms with Crippen LogP contribution in [0.25, 0.3) is 12.2 Å². The van der Waals surface area contributed by atoms with Crippen molar-refractivity contribution in [3.63, 3.8) is 0 Å². The molecule has 4 aromatic carbocycles. The Hall–Kier alpha value is -5.15. The first kappa shape index (κ1) is 27.9. The topological polar surface area (TPSA) is 118 Å². The molecule has 0 heterocycles. The highest BCUT2D eigenvalue weighted by atomic mass is 79.9. The number of amides is 2. The van der Waals surface area contributed by atoms with E-state index in [-0.39, 0.29) is 17.2 Å². The van der Waals surface area contributed by atoms with E-state index in [0.717, 1.165) is 4.47 Å². The largest absolute Gasteiger partial charge is 0.321 e. The molecule has 40 heavy (non-hydrogen) atoms. The monoisotopic (exact) mass is 595 g/mol. The van der Waals surface area contributed by atoms with E-state index in [2.05, 4.69) is 26.6 Å². The van der Waals surface area contributed by atoms with Crippen molar-refractivity contribution in [2.24, 2.45) is 0 Å². The lowest BCUT2D eigenvalue weighted by Crippen LogP contribution is -2.30. The van der Waals surface area contributed by atoms with Crippen LogP contribution < -0.4 is 10.6 Å². The number of ketones is 1. The van der Waals surface area contributed by atoms with Crippen molar-refractivity contribution in [2.75, 3.05) is 5.32 Å². The van der Waals surface area contributed by atoms with Gasteiger partial charge in [-0.15, -0.1) is 0 Å². The predicted molar refractivity (Wildman–Crippen MR) is 158 cm³/mol. The number of carbonyl (C=O) groups excluding carboxylic acids is 3. The summed E-state index contributed by atoms with van der Waals surface area (Å²) in [7, 11) is 0. The molecule has 0 unspecified atom stereocenters. The second-order valence-electron chi connectivity index (χ2n) is 8.47. The first-order chi connectivity index (χ1) is 19.3. The van der Waals surface area contributed by atoms with Crippen LogP contribution in [-0.4, -0.2) is 22.5 Å². The standard InChI is InChI=1S/C31H22BrN3O5/c32-25-15-10-21(11-16-25)20-27(34-30(37)24-7-2-1-3-8-24)31(38)33-26-17-12-23(13-18-26)29(36)19-14-22-6-4-5-9-28(22)35(39)40/h1-20H,(H,33,38)(H,34,37)/b19-14+,27-20-. The minimum atomic E-state index is -0.553. The van der Waals surface area contributed by atoms with Crippen LogP contribution in [0.15, 0.2) is 119 Å². The maximum atomic E-state index is 13.2. The van der Waals surface area contributed by atoms with E-state index in [9.17, 15) is 24.5 Å². The summed E-state index contributed by atoms with van der Waals surface area (Å²) < 4.78 is 0.871. The fourth-order valence-electron chi connectivity index (χ4n) is 3.64. The highest BCUT2D eigenvalue weighted by Gasteiger charge is 2.16. The normalized spacial score (nSPS) is 11.2. The number of anilines is 1. The Bertz CT molecular complexity index is 1610. The average molecular weight is 596 g/mol. The van der Waals surface area contributed by atoms with Gasteiger partial charge >= 0.3 is 0 Å². The third kappa shape index (κ3) is 7.46. The van der Waals surface area contributed by atoms with Gasteiger partial charge in [-0.3, -0.25) is 24.5 Å². The minimum absolute atomic E-state index is 0.0312. The van der Waals surface area contributed by atoms with Gasteiger partial charge in [-0.1, -0.05) is 58.4 Å². The molecule has 0 atom stereocenters. The van der Waals surface area contributed by atoms with Gasteiger partial charge in [-0.05, 0) is 78.4 Å². The van der Waals surface area contributed by atoms with E-state index in [4.69, 9.17) is 0 Å². The summed E-state index contributed by atoms with van der Waals surface area (Å²) in [5, 5.41) is 16.6. The lowest BCUT2D eigenvalue weighted by atomic mass is 10.1. The Morgan fingerprint density at radius 2 is 1.43 bits per heavy atom. The molecule has 2 N–H and O–H groups in total. The molecular weight excluding hydrogens is 574 g/mol. The van der Waals surface area contributed by atoms with Gasteiger partial charge < -0.3 is 10.6 Å². The highest BCUT2D eigenvalue weighted by Crippen LogP contribution is 2.20. The predicted octanol–water partition coefficient (Wildman–Crippen LogP) is 6.66. The molecule has 4 aromatic rings. The minimum Gasteiger partial charge on any atom is -0.321 e. The summed E-state index contributed by atoms with van der Waals surface area (Å²) in [5.74, 6) is -1.35. The van der Waals surface area contributed by atoms with Crippen LogP contribution >= 0.6 is 15.9 Å². The maximum absolute atomic E-state index is 13.2. The van der Waals surface area contributed by atoms with Crippen molar-refractivity contribution in [3.8, 4) is 0 Å².